The van der Waals surface area contributed by atoms with Gasteiger partial charge in [-0.15, -0.1) is 0 Å². The van der Waals surface area contributed by atoms with E-state index in [1.54, 1.807) is 6.20 Å². The predicted molar refractivity (Wildman–Crippen MR) is 112 cm³/mol. The Kier molecular flexibility index (Phi) is 8.55. The van der Waals surface area contributed by atoms with E-state index in [2.05, 4.69) is 24.9 Å². The maximum Gasteiger partial charge on any atom is 0.490 e. The van der Waals surface area contributed by atoms with Crippen LogP contribution in [0.3, 0.4) is 0 Å². The van der Waals surface area contributed by atoms with E-state index in [-0.39, 0.29) is 10.8 Å². The van der Waals surface area contributed by atoms with Crippen LogP contribution < -0.4 is 14.9 Å². The molecule has 2 aromatic heterocycles. The molecule has 0 bridgehead atoms. The average molecular weight is 493 g/mol. The monoisotopic (exact) mass is 493 g/mol. The van der Waals surface area contributed by atoms with Crippen LogP contribution in [0.2, 0.25) is 0 Å². The molecule has 0 aliphatic carbocycles. The van der Waals surface area contributed by atoms with Crippen LogP contribution >= 0.6 is 0 Å². The van der Waals surface area contributed by atoms with Crippen molar-refractivity contribution in [3.05, 3.63) is 42.0 Å². The molecule has 1 fully saturated rings. The van der Waals surface area contributed by atoms with Crippen molar-refractivity contribution in [1.82, 2.24) is 15.3 Å². The first kappa shape index (κ1) is 26.3. The first-order chi connectivity index (χ1) is 15.3. The van der Waals surface area contributed by atoms with Gasteiger partial charge in [0.05, 0.1) is 11.9 Å². The largest absolute Gasteiger partial charge is 0.490 e. The lowest BCUT2D eigenvalue weighted by Gasteiger charge is -2.34. The number of alkyl halides is 3. The van der Waals surface area contributed by atoms with E-state index < -0.39 is 28.1 Å². The fraction of sp³-hybridized carbons (Fsp3) is 0.421. The molecule has 2 aromatic rings. The maximum absolute atomic E-state index is 13.2. The lowest BCUT2D eigenvalue weighted by molar-refractivity contribution is -0.192. The van der Waals surface area contributed by atoms with Crippen molar-refractivity contribution in [1.29, 1.82) is 0 Å². The molecule has 1 saturated heterocycles. The zero-order valence-electron chi connectivity index (χ0n) is 17.7. The van der Waals surface area contributed by atoms with Crippen LogP contribution in [0.4, 0.5) is 29.1 Å². The number of carboxylic acid groups (broad SMARTS) is 1. The van der Waals surface area contributed by atoms with E-state index in [4.69, 9.17) is 9.90 Å². The topological polar surface area (TPSA) is 125 Å². The number of nitrogens with zero attached hydrogens (tertiary/aromatic N) is 3. The lowest BCUT2D eigenvalue weighted by atomic mass is 10.0. The maximum atomic E-state index is 13.2. The number of pyridine rings is 2. The second-order valence-corrected chi connectivity index (χ2v) is 8.78. The fourth-order valence-electron chi connectivity index (χ4n) is 3.08. The normalized spacial score (nSPS) is 14.7. The number of hydrogen-bond acceptors (Lipinski definition) is 7. The molecule has 182 valence electrons. The zero-order chi connectivity index (χ0) is 24.8. The van der Waals surface area contributed by atoms with Gasteiger partial charge in [0.15, 0.2) is 5.03 Å². The summed E-state index contributed by atoms with van der Waals surface area (Å²) in [6.45, 7) is 3.80. The van der Waals surface area contributed by atoms with E-state index in [1.807, 2.05) is 14.0 Å². The van der Waals surface area contributed by atoms with Crippen molar-refractivity contribution >= 4 is 27.5 Å². The summed E-state index contributed by atoms with van der Waals surface area (Å²) >= 11 is 0. The quantitative estimate of drug-likeness (QED) is 0.429. The van der Waals surface area contributed by atoms with Gasteiger partial charge in [-0.3, -0.25) is 4.72 Å². The van der Waals surface area contributed by atoms with Crippen molar-refractivity contribution in [3.63, 3.8) is 0 Å². The molecule has 0 spiro atoms. The number of aromatic nitrogens is 2. The highest BCUT2D eigenvalue weighted by Crippen LogP contribution is 2.25. The first-order valence-corrected chi connectivity index (χ1v) is 11.2. The third kappa shape index (κ3) is 7.53. The number of carboxylic acids is 1. The molecule has 3 rings (SSSR count). The Morgan fingerprint density at radius 2 is 1.88 bits per heavy atom. The minimum Gasteiger partial charge on any atom is -0.475 e. The number of rotatable bonds is 5. The number of halogens is 4. The molecular formula is C19H23F4N5O4S. The van der Waals surface area contributed by atoms with E-state index in [0.29, 0.717) is 6.04 Å². The van der Waals surface area contributed by atoms with Crippen LogP contribution in [0.25, 0.3) is 0 Å². The van der Waals surface area contributed by atoms with Gasteiger partial charge in [0.1, 0.15) is 5.82 Å². The third-order valence-electron chi connectivity index (χ3n) is 4.77. The highest BCUT2D eigenvalue weighted by molar-refractivity contribution is 7.92. The Morgan fingerprint density at radius 1 is 1.27 bits per heavy atom. The van der Waals surface area contributed by atoms with Gasteiger partial charge < -0.3 is 15.3 Å². The van der Waals surface area contributed by atoms with Gasteiger partial charge in [-0.05, 0) is 56.6 Å². The Balaban J connectivity index is 0.000000479. The van der Waals surface area contributed by atoms with Gasteiger partial charge >= 0.3 is 12.1 Å². The number of carbonyl (C=O) groups is 1. The molecule has 14 heteroatoms. The smallest absolute Gasteiger partial charge is 0.475 e. The number of sulfonamides is 1. The highest BCUT2D eigenvalue weighted by atomic mass is 32.2. The minimum absolute atomic E-state index is 0.0830. The second kappa shape index (κ2) is 10.7. The van der Waals surface area contributed by atoms with Crippen molar-refractivity contribution in [2.75, 3.05) is 29.8 Å². The van der Waals surface area contributed by atoms with Crippen LogP contribution in [0.15, 0.2) is 35.5 Å². The standard InChI is InChI=1S/C17H22FN5O2S.C2HF3O2/c1-12-10-17(26(24,25)22-16-5-3-4-15(18)21-16)20-11-14(12)23(2)13-6-8-19-9-7-13;3-2(4,5)1(6)7/h3-5,10-11,13,19H,6-9H2,1-2H3,(H,21,22);(H,6,7). The summed E-state index contributed by atoms with van der Waals surface area (Å²) < 4.78 is 72.1. The van der Waals surface area contributed by atoms with Gasteiger partial charge in [0.25, 0.3) is 10.0 Å². The third-order valence-corrected chi connectivity index (χ3v) is 6.02. The first-order valence-electron chi connectivity index (χ1n) is 9.67. The average Bonchev–Trinajstić information content (AvgIpc) is 2.73. The zero-order valence-corrected chi connectivity index (χ0v) is 18.5. The Bertz CT molecular complexity index is 1080. The van der Waals surface area contributed by atoms with Crippen molar-refractivity contribution < 1.29 is 35.9 Å². The Morgan fingerprint density at radius 3 is 2.39 bits per heavy atom. The van der Waals surface area contributed by atoms with Crippen molar-refractivity contribution in [2.24, 2.45) is 0 Å². The van der Waals surface area contributed by atoms with Crippen LogP contribution in [0.5, 0.6) is 0 Å². The molecule has 0 unspecified atom stereocenters. The van der Waals surface area contributed by atoms with Gasteiger partial charge in [0, 0.05) is 13.1 Å². The molecule has 3 heterocycles. The van der Waals surface area contributed by atoms with Crippen LogP contribution in [-0.4, -0.2) is 61.8 Å². The number of aryl methyl sites for hydroxylation is 1. The number of hydrogen-bond donors (Lipinski definition) is 3. The van der Waals surface area contributed by atoms with Gasteiger partial charge in [-0.1, -0.05) is 6.07 Å². The lowest BCUT2D eigenvalue weighted by Crippen LogP contribution is -2.41. The summed E-state index contributed by atoms with van der Waals surface area (Å²) in [5.74, 6) is -3.60. The molecular weight excluding hydrogens is 470 g/mol. The molecule has 1 aliphatic heterocycles. The summed E-state index contributed by atoms with van der Waals surface area (Å²) in [6.07, 6.45) is -1.45. The SMILES string of the molecule is Cc1cc(S(=O)(=O)Nc2cccc(F)n2)ncc1N(C)C1CCNCC1.O=C(O)C(F)(F)F. The molecule has 9 nitrogen and oxygen atoms in total. The molecule has 0 atom stereocenters. The Hall–Kier alpha value is -3.00. The molecule has 0 radical (unpaired) electrons. The Labute approximate surface area is 187 Å². The summed E-state index contributed by atoms with van der Waals surface area (Å²) in [5.41, 5.74) is 1.72. The number of anilines is 2. The summed E-state index contributed by atoms with van der Waals surface area (Å²) in [4.78, 5) is 18.7. The molecule has 0 aromatic carbocycles. The number of piperidine rings is 1. The molecule has 1 aliphatic rings. The minimum atomic E-state index is -5.08. The van der Waals surface area contributed by atoms with Crippen molar-refractivity contribution in [2.45, 2.75) is 37.0 Å². The van der Waals surface area contributed by atoms with Crippen molar-refractivity contribution in [3.8, 4) is 0 Å². The predicted octanol–water partition coefficient (Wildman–Crippen LogP) is 2.55. The summed E-state index contributed by atoms with van der Waals surface area (Å²) in [6, 6.07) is 5.83. The van der Waals surface area contributed by atoms with E-state index in [1.165, 1.54) is 18.2 Å². The van der Waals surface area contributed by atoms with Crippen LogP contribution in [-0.2, 0) is 14.8 Å². The highest BCUT2D eigenvalue weighted by Gasteiger charge is 2.38. The number of nitrogens with one attached hydrogen (secondary N) is 2. The molecule has 33 heavy (non-hydrogen) atoms. The van der Waals surface area contributed by atoms with Gasteiger partial charge in [-0.25, -0.2) is 14.8 Å². The van der Waals surface area contributed by atoms with Gasteiger partial charge in [0.2, 0.25) is 5.95 Å². The van der Waals surface area contributed by atoms with Crippen LogP contribution in [0.1, 0.15) is 18.4 Å². The molecule has 0 amide bonds. The van der Waals surface area contributed by atoms with Crippen LogP contribution in [0, 0.1) is 12.9 Å². The van der Waals surface area contributed by atoms with Gasteiger partial charge in [-0.2, -0.15) is 26.0 Å². The molecule has 3 N–H and O–H groups in total. The van der Waals surface area contributed by atoms with E-state index in [9.17, 15) is 26.0 Å². The summed E-state index contributed by atoms with van der Waals surface area (Å²) in [7, 11) is -1.94. The molecule has 0 saturated carbocycles. The second-order valence-electron chi connectivity index (χ2n) is 7.16. The van der Waals surface area contributed by atoms with E-state index >= 15 is 0 Å². The number of aliphatic carboxylic acids is 1. The van der Waals surface area contributed by atoms with E-state index in [0.717, 1.165) is 43.2 Å². The fourth-order valence-corrected chi connectivity index (χ4v) is 4.10. The summed E-state index contributed by atoms with van der Waals surface area (Å²) in [5, 5.41) is 10.3.